The van der Waals surface area contributed by atoms with E-state index in [4.69, 9.17) is 28.8 Å². The largest absolute Gasteiger partial charge is 0.481 e. The molecule has 30 heteroatoms. The highest BCUT2D eigenvalue weighted by Crippen LogP contribution is 2.39. The number of anilines is 1. The van der Waals surface area contributed by atoms with Gasteiger partial charge in [0, 0.05) is 114 Å². The van der Waals surface area contributed by atoms with Crippen molar-refractivity contribution >= 4 is 93.2 Å². The van der Waals surface area contributed by atoms with Crippen LogP contribution in [0.15, 0.2) is 96.5 Å². The van der Waals surface area contributed by atoms with Crippen molar-refractivity contribution < 1.29 is 81.5 Å². The van der Waals surface area contributed by atoms with E-state index in [-0.39, 0.29) is 119 Å². The van der Waals surface area contributed by atoms with Crippen molar-refractivity contribution in [3.05, 3.63) is 118 Å². The number of ether oxygens (including phenoxy) is 5. The van der Waals surface area contributed by atoms with Crippen LogP contribution in [-0.4, -0.2) is 239 Å². The molecule has 10 amide bonds. The summed E-state index contributed by atoms with van der Waals surface area (Å²) in [6.07, 6.45) is 3.02. The maximum Gasteiger partial charge on any atom is 0.410 e. The number of nitrogens with zero attached hydrogens (tertiary/aromatic N) is 7. The summed E-state index contributed by atoms with van der Waals surface area (Å²) in [6.45, 7) is 22.4. The molecular weight excluding hydrogens is 1490 g/mol. The van der Waals surface area contributed by atoms with E-state index in [0.717, 1.165) is 33.6 Å². The van der Waals surface area contributed by atoms with Crippen LogP contribution in [0.4, 0.5) is 10.5 Å². The second-order valence-corrected chi connectivity index (χ2v) is 32.5. The first-order valence-electron chi connectivity index (χ1n) is 40.6. The van der Waals surface area contributed by atoms with E-state index in [1.807, 2.05) is 87.4 Å². The summed E-state index contributed by atoms with van der Waals surface area (Å²) in [5, 5.41) is 27.2. The molecule has 630 valence electrons. The van der Waals surface area contributed by atoms with E-state index in [9.17, 15) is 52.7 Å². The van der Waals surface area contributed by atoms with Crippen LogP contribution in [0.3, 0.4) is 0 Å². The molecule has 5 heterocycles. The summed E-state index contributed by atoms with van der Waals surface area (Å²) < 4.78 is 31.2. The number of hydrogen-bond donors (Lipinski definition) is 6. The van der Waals surface area contributed by atoms with Crippen LogP contribution in [0.2, 0.25) is 0 Å². The molecule has 0 aliphatic carbocycles. The van der Waals surface area contributed by atoms with E-state index in [1.54, 1.807) is 80.0 Å². The molecule has 3 saturated heterocycles. The fourth-order valence-electron chi connectivity index (χ4n) is 15.9. The summed E-state index contributed by atoms with van der Waals surface area (Å²) in [5.74, 6) is -6.29. The van der Waals surface area contributed by atoms with Crippen LogP contribution < -0.4 is 26.6 Å². The number of likely N-dealkylation sites (tertiary alicyclic amines) is 3. The molecule has 3 aliphatic heterocycles. The number of aryl methyl sites for hydroxylation is 2. The van der Waals surface area contributed by atoms with Crippen LogP contribution in [0, 0.1) is 29.6 Å². The molecule has 6 N–H and O–H groups in total. The van der Waals surface area contributed by atoms with Crippen molar-refractivity contribution in [3.8, 4) is 0 Å². The summed E-state index contributed by atoms with van der Waals surface area (Å²) in [7, 11) is 4.53. The molecule has 3 fully saturated rings. The number of thiazole rings is 1. The smallest absolute Gasteiger partial charge is 0.410 e. The first-order chi connectivity index (χ1) is 55.0. The van der Waals surface area contributed by atoms with Crippen molar-refractivity contribution in [2.75, 3.05) is 79.2 Å². The first-order valence-corrected chi connectivity index (χ1v) is 41.5. The number of methoxy groups -OCH3 is 2. The number of carboxylic acids is 1. The van der Waals surface area contributed by atoms with Crippen molar-refractivity contribution in [3.63, 3.8) is 0 Å². The number of nitrogens with one attached hydrogen (secondary N) is 5. The van der Waals surface area contributed by atoms with Gasteiger partial charge in [-0.25, -0.2) is 9.78 Å². The fourth-order valence-corrected chi connectivity index (χ4v) is 16.6. The number of amides is 10. The highest BCUT2D eigenvalue weighted by molar-refractivity contribution is 7.09. The molecule has 2 aromatic heterocycles. The van der Waals surface area contributed by atoms with Crippen molar-refractivity contribution in [2.24, 2.45) is 29.6 Å². The molecule has 5 aromatic rings. The summed E-state index contributed by atoms with van der Waals surface area (Å²) in [6, 6.07) is 20.6. The third-order valence-electron chi connectivity index (χ3n) is 22.6. The van der Waals surface area contributed by atoms with E-state index in [2.05, 4.69) is 61.3 Å². The van der Waals surface area contributed by atoms with E-state index in [0.29, 0.717) is 76.0 Å². The SMILES string of the molecule is CCc1cc2ccccc2n1CCC(=O)N1CCC(N(CCOCCOCCC(=O)O)C(=O)CCC(=O)N[C@H](C(=O)N[C@@H](C)C(=O)Nc2ccc(COC(=O)N(C)C(C(=O)N[C@H](C(=O)N3C(C)[C@H](C)[C@H]3[C@@H](CC(=O)N3CCC[C@H]3[C@H](OC)[C@@H](C)C(=O)N[C@@H](Cc3ccccc3)c3nccs3)OC)C(C)C)C(C)C)cc2)C(C)C)CC1. The zero-order chi connectivity index (χ0) is 83.7. The van der Waals surface area contributed by atoms with Gasteiger partial charge >= 0.3 is 12.1 Å². The minimum atomic E-state index is -1.07. The number of fused-ring (bicyclic) bond motifs is 1. The number of aromatic nitrogens is 2. The lowest BCUT2D eigenvalue weighted by Crippen LogP contribution is -2.71. The summed E-state index contributed by atoms with van der Waals surface area (Å²) in [4.78, 5) is 164. The van der Waals surface area contributed by atoms with Crippen molar-refractivity contribution in [1.82, 2.24) is 55.3 Å². The van der Waals surface area contributed by atoms with Crippen LogP contribution in [0.1, 0.15) is 162 Å². The van der Waals surface area contributed by atoms with E-state index in [1.165, 1.54) is 37.3 Å². The second-order valence-electron chi connectivity index (χ2n) is 31.5. The maximum absolute atomic E-state index is 14.9. The lowest BCUT2D eigenvalue weighted by molar-refractivity contribution is -0.170. The molecule has 8 rings (SSSR count). The minimum Gasteiger partial charge on any atom is -0.481 e. The Morgan fingerprint density at radius 3 is 1.99 bits per heavy atom. The number of hydrogen-bond acceptors (Lipinski definition) is 18. The summed E-state index contributed by atoms with van der Waals surface area (Å²) >= 11 is 1.47. The summed E-state index contributed by atoms with van der Waals surface area (Å²) in [5.41, 5.74) is 4.21. The first kappa shape index (κ1) is 91.2. The number of piperidine rings is 1. The van der Waals surface area contributed by atoms with Gasteiger partial charge in [-0.05, 0) is 117 Å². The van der Waals surface area contributed by atoms with Gasteiger partial charge in [-0.3, -0.25) is 52.8 Å². The molecule has 0 radical (unpaired) electrons. The highest BCUT2D eigenvalue weighted by Gasteiger charge is 2.53. The Bertz CT molecular complexity index is 4040. The number of rotatable bonds is 43. The Hall–Kier alpha value is -9.36. The van der Waals surface area contributed by atoms with Gasteiger partial charge in [0.15, 0.2) is 0 Å². The third-order valence-corrected chi connectivity index (χ3v) is 23.5. The van der Waals surface area contributed by atoms with Gasteiger partial charge < -0.3 is 79.5 Å². The molecule has 0 saturated carbocycles. The lowest BCUT2D eigenvalue weighted by Gasteiger charge is -2.56. The Morgan fingerprint density at radius 1 is 0.678 bits per heavy atom. The van der Waals surface area contributed by atoms with Gasteiger partial charge in [-0.2, -0.15) is 0 Å². The normalized spacial score (nSPS) is 18.5. The standard InChI is InChI=1S/C85H122N12O17S/c1-15-63-49-61-24-19-20-25-66(61)94(63)41-35-70(99)93-39-33-64(34-40-93)95(42-44-113-46-45-112-43-36-73(102)103)71(100)32-31-69(98)90-74(52(2)3)81(106)87-57(10)80(105)88-62-29-27-60(28-30-62)51-114-85(109)92(12)76(54(6)7)82(107)91-75(53(4)5)84(108)97-58(11)55(8)77(97)68(110-13)50-72(101)96-38-21-26-67(96)78(111-14)56(9)79(104)89-65(83-86-37-47-115-83)48-59-22-17-16-18-23-59/h16-20,22-25,27-30,37,47,49,52-58,64-65,67-68,74-78H,15,21,26,31-36,38-46,48,50-51H2,1-14H3,(H,87,106)(H,88,105)(H,89,104)(H,90,98)(H,91,107)(H,102,103)/t55-,56+,57-,58?,65-,67-,68+,74-,75-,76?,77-,78+/m0/s1. The average Bonchev–Trinajstić information content (AvgIpc) is 1.48. The predicted molar refractivity (Wildman–Crippen MR) is 436 cm³/mol. The van der Waals surface area contributed by atoms with Crippen LogP contribution in [0.5, 0.6) is 0 Å². The van der Waals surface area contributed by atoms with Gasteiger partial charge in [0.05, 0.1) is 75.5 Å². The Kier molecular flexibility index (Phi) is 35.0. The number of likely N-dealkylation sites (N-methyl/N-ethyl adjacent to an activating group) is 1. The van der Waals surface area contributed by atoms with Gasteiger partial charge in [0.1, 0.15) is 35.8 Å². The number of carbonyl (C=O) groups excluding carboxylic acids is 10. The molecule has 0 spiro atoms. The predicted octanol–water partition coefficient (Wildman–Crippen LogP) is 8.56. The Labute approximate surface area is 680 Å². The van der Waals surface area contributed by atoms with E-state index >= 15 is 0 Å². The zero-order valence-electron chi connectivity index (χ0n) is 69.3. The fraction of sp³-hybridized carbons (Fsp3) is 0.600. The molecule has 3 aliphatic rings. The monoisotopic (exact) mass is 1610 g/mol. The average molecular weight is 1620 g/mol. The molecule has 29 nitrogen and oxygen atoms in total. The van der Waals surface area contributed by atoms with Gasteiger partial charge in [0.25, 0.3) is 0 Å². The van der Waals surface area contributed by atoms with E-state index < -0.39 is 108 Å². The third kappa shape index (κ3) is 24.8. The van der Waals surface area contributed by atoms with Crippen molar-refractivity contribution in [1.29, 1.82) is 0 Å². The lowest BCUT2D eigenvalue weighted by atomic mass is 9.76. The second kappa shape index (κ2) is 44.1. The molecule has 0 bridgehead atoms. The molecule has 12 atom stereocenters. The number of carbonyl (C=O) groups is 11. The van der Waals surface area contributed by atoms with Crippen LogP contribution in [-0.2, 0) is 97.6 Å². The maximum atomic E-state index is 14.9. The van der Waals surface area contributed by atoms with Crippen LogP contribution in [0.25, 0.3) is 10.9 Å². The number of carboxylic acid groups (broad SMARTS) is 1. The number of benzene rings is 3. The molecular formula is C85H122N12O17S. The topological polar surface area (TPSA) is 348 Å². The van der Waals surface area contributed by atoms with Crippen LogP contribution >= 0.6 is 11.3 Å². The van der Waals surface area contributed by atoms with Crippen molar-refractivity contribution in [2.45, 2.75) is 227 Å². The number of para-hydroxylation sites is 1. The Morgan fingerprint density at radius 2 is 1.36 bits per heavy atom. The number of aliphatic carboxylic acids is 1. The molecule has 2 unspecified atom stereocenters. The van der Waals surface area contributed by atoms with Gasteiger partial charge in [0.2, 0.25) is 53.2 Å². The highest BCUT2D eigenvalue weighted by atomic mass is 32.1. The molecule has 115 heavy (non-hydrogen) atoms. The zero-order valence-corrected chi connectivity index (χ0v) is 70.2. The molecule has 3 aromatic carbocycles. The van der Waals surface area contributed by atoms with Gasteiger partial charge in [-0.15, -0.1) is 11.3 Å². The Balaban J connectivity index is 0.786. The minimum absolute atomic E-state index is 0.0271. The quantitative estimate of drug-likeness (QED) is 0.0199. The van der Waals surface area contributed by atoms with Gasteiger partial charge in [-0.1, -0.05) is 123 Å².